The van der Waals surface area contributed by atoms with E-state index in [4.69, 9.17) is 9.47 Å². The van der Waals surface area contributed by atoms with Crippen molar-refractivity contribution < 1.29 is 19.1 Å². The second-order valence-corrected chi connectivity index (χ2v) is 5.86. The summed E-state index contributed by atoms with van der Waals surface area (Å²) in [4.78, 5) is 23.5. The van der Waals surface area contributed by atoms with Crippen molar-refractivity contribution in [3.63, 3.8) is 0 Å². The highest BCUT2D eigenvalue weighted by Gasteiger charge is 2.23. The molecule has 1 aromatic carbocycles. The molecule has 0 radical (unpaired) electrons. The summed E-state index contributed by atoms with van der Waals surface area (Å²) in [6, 6.07) is 8.63. The van der Waals surface area contributed by atoms with Crippen molar-refractivity contribution in [2.45, 2.75) is 52.4 Å². The third-order valence-electron chi connectivity index (χ3n) is 2.65. The minimum absolute atomic E-state index is 0.374. The van der Waals surface area contributed by atoms with Gasteiger partial charge in [-0.25, -0.2) is 9.59 Å². The minimum atomic E-state index is -0.772. The molecule has 21 heavy (non-hydrogen) atoms. The summed E-state index contributed by atoms with van der Waals surface area (Å²) in [6.45, 7) is 8.62. The molecule has 1 N–H and O–H groups in total. The minimum Gasteiger partial charge on any atom is -0.456 e. The maximum absolute atomic E-state index is 11.9. The molecule has 0 saturated carbocycles. The Morgan fingerprint density at radius 3 is 2.19 bits per heavy atom. The Balaban J connectivity index is 2.50. The van der Waals surface area contributed by atoms with Crippen LogP contribution in [0.1, 0.15) is 46.3 Å². The molecular weight excluding hydrogens is 270 g/mol. The number of hydrogen-bond acceptors (Lipinski definition) is 4. The molecule has 0 aliphatic heterocycles. The zero-order chi connectivity index (χ0) is 16.0. The molecule has 0 aliphatic rings. The monoisotopic (exact) mass is 293 g/mol. The molecule has 0 spiro atoms. The van der Waals surface area contributed by atoms with E-state index in [2.05, 4.69) is 5.32 Å². The predicted octanol–water partition coefficient (Wildman–Crippen LogP) is 3.20. The molecule has 1 unspecified atom stereocenters. The first-order valence-corrected chi connectivity index (χ1v) is 6.94. The summed E-state index contributed by atoms with van der Waals surface area (Å²) in [7, 11) is 0. The molecule has 0 heterocycles. The van der Waals surface area contributed by atoms with E-state index in [1.807, 2.05) is 30.3 Å². The zero-order valence-corrected chi connectivity index (χ0v) is 13.2. The number of benzene rings is 1. The van der Waals surface area contributed by atoms with E-state index >= 15 is 0 Å². The molecule has 0 bridgehead atoms. The summed E-state index contributed by atoms with van der Waals surface area (Å²) in [5, 5.41) is 2.46. The quantitative estimate of drug-likeness (QED) is 0.866. The topological polar surface area (TPSA) is 64.6 Å². The lowest BCUT2D eigenvalue weighted by Gasteiger charge is -2.22. The van der Waals surface area contributed by atoms with Gasteiger partial charge in [-0.15, -0.1) is 0 Å². The number of carbonyl (C=O) groups excluding carboxylic acids is 2. The molecule has 0 aromatic heterocycles. The highest BCUT2D eigenvalue weighted by atomic mass is 16.6. The van der Waals surface area contributed by atoms with Crippen molar-refractivity contribution >= 4 is 12.1 Å². The van der Waals surface area contributed by atoms with Crippen molar-refractivity contribution in [1.82, 2.24) is 5.32 Å². The first kappa shape index (κ1) is 17.0. The van der Waals surface area contributed by atoms with E-state index < -0.39 is 23.7 Å². The summed E-state index contributed by atoms with van der Waals surface area (Å²) in [5.41, 5.74) is 0.292. The van der Waals surface area contributed by atoms with Crippen LogP contribution in [0.3, 0.4) is 0 Å². The third kappa shape index (κ3) is 6.29. The van der Waals surface area contributed by atoms with Crippen molar-refractivity contribution in [2.24, 2.45) is 0 Å². The Labute approximate surface area is 125 Å². The van der Waals surface area contributed by atoms with Crippen LogP contribution in [-0.2, 0) is 14.3 Å². The maximum atomic E-state index is 11.9. The van der Waals surface area contributed by atoms with Gasteiger partial charge in [0.05, 0.1) is 0 Å². The standard InChI is InChI=1S/C16H23NO4/c1-11(17-15(19)21-16(3,4)5)14(18)20-12(2)13-9-7-6-8-10-13/h6-12H,1-5H3,(H,17,19)/t11-,12?/m0/s1. The van der Waals surface area contributed by atoms with Crippen molar-refractivity contribution in [3.8, 4) is 0 Å². The van der Waals surface area contributed by atoms with Crippen LogP contribution in [0.5, 0.6) is 0 Å². The Kier molecular flexibility index (Phi) is 5.76. The summed E-state index contributed by atoms with van der Waals surface area (Å²) < 4.78 is 10.4. The second kappa shape index (κ2) is 7.11. The molecule has 0 saturated heterocycles. The highest BCUT2D eigenvalue weighted by molar-refractivity contribution is 5.81. The fourth-order valence-corrected chi connectivity index (χ4v) is 1.61. The number of amides is 1. The van der Waals surface area contributed by atoms with Crippen LogP contribution < -0.4 is 5.32 Å². The molecule has 5 nitrogen and oxygen atoms in total. The first-order chi connectivity index (χ1) is 9.69. The lowest BCUT2D eigenvalue weighted by atomic mass is 10.1. The highest BCUT2D eigenvalue weighted by Crippen LogP contribution is 2.16. The molecule has 116 valence electrons. The van der Waals surface area contributed by atoms with Gasteiger partial charge in [0.25, 0.3) is 0 Å². The summed E-state index contributed by atoms with van der Waals surface area (Å²) in [5.74, 6) is -0.503. The first-order valence-electron chi connectivity index (χ1n) is 6.94. The van der Waals surface area contributed by atoms with Gasteiger partial charge in [-0.05, 0) is 40.2 Å². The van der Waals surface area contributed by atoms with Gasteiger partial charge >= 0.3 is 12.1 Å². The van der Waals surface area contributed by atoms with Crippen LogP contribution in [0.2, 0.25) is 0 Å². The average Bonchev–Trinajstić information content (AvgIpc) is 2.37. The van der Waals surface area contributed by atoms with Crippen LogP contribution in [-0.4, -0.2) is 23.7 Å². The van der Waals surface area contributed by atoms with Gasteiger partial charge < -0.3 is 14.8 Å². The largest absolute Gasteiger partial charge is 0.456 e. The van der Waals surface area contributed by atoms with E-state index in [1.54, 1.807) is 34.6 Å². The molecule has 1 rings (SSSR count). The van der Waals surface area contributed by atoms with Gasteiger partial charge in [-0.2, -0.15) is 0 Å². The number of nitrogens with one attached hydrogen (secondary N) is 1. The normalized spacial score (nSPS) is 14.0. The van der Waals surface area contributed by atoms with Crippen molar-refractivity contribution in [3.05, 3.63) is 35.9 Å². The molecule has 1 amide bonds. The van der Waals surface area contributed by atoms with E-state index in [-0.39, 0.29) is 6.10 Å². The van der Waals surface area contributed by atoms with Gasteiger partial charge in [0.15, 0.2) is 0 Å². The number of esters is 1. The van der Waals surface area contributed by atoms with Crippen molar-refractivity contribution in [2.75, 3.05) is 0 Å². The predicted molar refractivity (Wildman–Crippen MR) is 79.8 cm³/mol. The van der Waals surface area contributed by atoms with Gasteiger partial charge in [0.1, 0.15) is 17.7 Å². The molecule has 0 fully saturated rings. The Bertz CT molecular complexity index is 479. The number of ether oxygens (including phenoxy) is 2. The zero-order valence-electron chi connectivity index (χ0n) is 13.2. The van der Waals surface area contributed by atoms with E-state index in [0.29, 0.717) is 0 Å². The maximum Gasteiger partial charge on any atom is 0.408 e. The second-order valence-electron chi connectivity index (χ2n) is 5.86. The van der Waals surface area contributed by atoms with E-state index in [1.165, 1.54) is 0 Å². The molecule has 0 aliphatic carbocycles. The summed E-state index contributed by atoms with van der Waals surface area (Å²) in [6.07, 6.45) is -1.01. The van der Waals surface area contributed by atoms with E-state index in [0.717, 1.165) is 5.56 Å². The van der Waals surface area contributed by atoms with Gasteiger partial charge in [-0.1, -0.05) is 30.3 Å². The number of hydrogen-bond donors (Lipinski definition) is 1. The van der Waals surface area contributed by atoms with Crippen LogP contribution in [0.25, 0.3) is 0 Å². The van der Waals surface area contributed by atoms with Crippen LogP contribution in [0, 0.1) is 0 Å². The van der Waals surface area contributed by atoms with Gasteiger partial charge in [0, 0.05) is 0 Å². The smallest absolute Gasteiger partial charge is 0.408 e. The fraction of sp³-hybridized carbons (Fsp3) is 0.500. The van der Waals surface area contributed by atoms with Crippen LogP contribution in [0.15, 0.2) is 30.3 Å². The lowest BCUT2D eigenvalue weighted by molar-refractivity contribution is -0.150. The Morgan fingerprint density at radius 2 is 1.67 bits per heavy atom. The number of rotatable bonds is 4. The van der Waals surface area contributed by atoms with Crippen molar-refractivity contribution in [1.29, 1.82) is 0 Å². The third-order valence-corrected chi connectivity index (χ3v) is 2.65. The fourth-order valence-electron chi connectivity index (χ4n) is 1.61. The van der Waals surface area contributed by atoms with Crippen LogP contribution >= 0.6 is 0 Å². The molecule has 5 heteroatoms. The molecule has 2 atom stereocenters. The SMILES string of the molecule is CC(OC(=O)[C@H](C)NC(=O)OC(C)(C)C)c1ccccc1. The number of carbonyl (C=O) groups is 2. The molecule has 1 aromatic rings. The Hall–Kier alpha value is -2.04. The molecular formula is C16H23NO4. The van der Waals surface area contributed by atoms with Gasteiger partial charge in [0.2, 0.25) is 0 Å². The average molecular weight is 293 g/mol. The lowest BCUT2D eigenvalue weighted by Crippen LogP contribution is -2.42. The van der Waals surface area contributed by atoms with Crippen LogP contribution in [0.4, 0.5) is 4.79 Å². The van der Waals surface area contributed by atoms with Gasteiger partial charge in [-0.3, -0.25) is 0 Å². The Morgan fingerprint density at radius 1 is 1.10 bits per heavy atom. The van der Waals surface area contributed by atoms with E-state index in [9.17, 15) is 9.59 Å². The summed E-state index contributed by atoms with van der Waals surface area (Å²) >= 11 is 0. The number of alkyl carbamates (subject to hydrolysis) is 1.